The van der Waals surface area contributed by atoms with E-state index < -0.39 is 6.61 Å². The Morgan fingerprint density at radius 3 is 3.00 bits per heavy atom. The number of H-pyrrole nitrogens is 1. The van der Waals surface area contributed by atoms with Crippen molar-refractivity contribution in [1.82, 2.24) is 14.9 Å². The molecular formula is C15H16F2N4O3S. The zero-order chi connectivity index (χ0) is 17.8. The highest BCUT2D eigenvalue weighted by Gasteiger charge is 2.23. The molecule has 3 rings (SSSR count). The van der Waals surface area contributed by atoms with Crippen molar-refractivity contribution >= 4 is 18.4 Å². The summed E-state index contributed by atoms with van der Waals surface area (Å²) < 4.78 is 41.6. The predicted molar refractivity (Wildman–Crippen MR) is 88.0 cm³/mol. The van der Waals surface area contributed by atoms with Crippen LogP contribution >= 0.6 is 12.2 Å². The van der Waals surface area contributed by atoms with E-state index in [4.69, 9.17) is 21.7 Å². The Balaban J connectivity index is 1.85. The van der Waals surface area contributed by atoms with Crippen molar-refractivity contribution in [2.75, 3.05) is 13.7 Å². The zero-order valence-corrected chi connectivity index (χ0v) is 14.1. The van der Waals surface area contributed by atoms with Gasteiger partial charge in [0.25, 0.3) is 0 Å². The van der Waals surface area contributed by atoms with Crippen molar-refractivity contribution in [2.24, 2.45) is 5.10 Å². The summed E-state index contributed by atoms with van der Waals surface area (Å²) in [6, 6.07) is 4.51. The molecule has 0 aliphatic carbocycles. The van der Waals surface area contributed by atoms with Crippen LogP contribution in [0.2, 0.25) is 0 Å². The van der Waals surface area contributed by atoms with Gasteiger partial charge in [0.2, 0.25) is 4.77 Å². The fraction of sp³-hybridized carbons (Fsp3) is 0.400. The number of hydrogen-bond donors (Lipinski definition) is 1. The largest absolute Gasteiger partial charge is 0.493 e. The average Bonchev–Trinajstić information content (AvgIpc) is 3.23. The molecule has 1 fully saturated rings. The molecule has 25 heavy (non-hydrogen) atoms. The molecule has 1 aromatic carbocycles. The number of halogens is 2. The smallest absolute Gasteiger partial charge is 0.387 e. The number of alkyl halides is 2. The van der Waals surface area contributed by atoms with Crippen LogP contribution in [0.5, 0.6) is 11.5 Å². The molecule has 1 aromatic heterocycles. The van der Waals surface area contributed by atoms with Gasteiger partial charge in [-0.25, -0.2) is 0 Å². The standard InChI is InChI=1S/C15H16F2N4O3S/c1-22-12-7-9(4-5-10(12)24-14(16)17)8-18-21-13(19-20-15(21)25)11-3-2-6-23-11/h4-5,7-8,11,14H,2-3,6H2,1H3,(H,20,25)/b18-8-/t11-/m1/s1. The molecule has 1 atom stereocenters. The van der Waals surface area contributed by atoms with E-state index in [0.29, 0.717) is 22.8 Å². The second kappa shape index (κ2) is 7.70. The van der Waals surface area contributed by atoms with Crippen LogP contribution in [-0.2, 0) is 4.74 Å². The fourth-order valence-electron chi connectivity index (χ4n) is 2.49. The molecule has 0 saturated carbocycles. The monoisotopic (exact) mass is 370 g/mol. The molecule has 1 saturated heterocycles. The SMILES string of the molecule is COc1cc(/C=N\n2c([C@H]3CCCO3)n[nH]c2=S)ccc1OC(F)F. The maximum absolute atomic E-state index is 12.4. The molecule has 0 amide bonds. The highest BCUT2D eigenvalue weighted by atomic mass is 32.1. The van der Waals surface area contributed by atoms with Gasteiger partial charge < -0.3 is 14.2 Å². The minimum absolute atomic E-state index is 0.0467. The Hall–Kier alpha value is -2.33. The lowest BCUT2D eigenvalue weighted by atomic mass is 10.2. The van der Waals surface area contributed by atoms with Crippen LogP contribution in [-0.4, -0.2) is 41.4 Å². The summed E-state index contributed by atoms with van der Waals surface area (Å²) in [5.41, 5.74) is 0.625. The molecule has 1 N–H and O–H groups in total. The molecular weight excluding hydrogens is 354 g/mol. The number of methoxy groups -OCH3 is 1. The van der Waals surface area contributed by atoms with E-state index >= 15 is 0 Å². The number of benzene rings is 1. The van der Waals surface area contributed by atoms with E-state index in [1.165, 1.54) is 30.1 Å². The normalized spacial score (nSPS) is 17.5. The van der Waals surface area contributed by atoms with E-state index in [1.54, 1.807) is 6.07 Å². The number of rotatable bonds is 6. The Kier molecular flexibility index (Phi) is 5.39. The van der Waals surface area contributed by atoms with Gasteiger partial charge in [-0.1, -0.05) is 0 Å². The van der Waals surface area contributed by atoms with Gasteiger partial charge in [-0.3, -0.25) is 5.10 Å². The maximum Gasteiger partial charge on any atom is 0.387 e. The summed E-state index contributed by atoms with van der Waals surface area (Å²) in [6.45, 7) is -2.25. The van der Waals surface area contributed by atoms with Crippen LogP contribution in [0.25, 0.3) is 0 Å². The van der Waals surface area contributed by atoms with E-state index in [9.17, 15) is 8.78 Å². The molecule has 7 nitrogen and oxygen atoms in total. The number of nitrogens with zero attached hydrogens (tertiary/aromatic N) is 3. The van der Waals surface area contributed by atoms with Crippen LogP contribution in [0.3, 0.4) is 0 Å². The second-order valence-corrected chi connectivity index (χ2v) is 5.62. The lowest BCUT2D eigenvalue weighted by Gasteiger charge is -2.10. The minimum Gasteiger partial charge on any atom is -0.493 e. The van der Waals surface area contributed by atoms with Gasteiger partial charge in [0, 0.05) is 6.61 Å². The van der Waals surface area contributed by atoms with Crippen molar-refractivity contribution in [3.63, 3.8) is 0 Å². The van der Waals surface area contributed by atoms with E-state index in [0.717, 1.165) is 12.8 Å². The summed E-state index contributed by atoms with van der Waals surface area (Å²) in [5.74, 6) is 0.734. The highest BCUT2D eigenvalue weighted by Crippen LogP contribution is 2.29. The third-order valence-electron chi connectivity index (χ3n) is 3.62. The van der Waals surface area contributed by atoms with Crippen molar-refractivity contribution in [1.29, 1.82) is 0 Å². The van der Waals surface area contributed by atoms with E-state index in [2.05, 4.69) is 20.0 Å². The Labute approximate surface area is 147 Å². The van der Waals surface area contributed by atoms with Crippen LogP contribution in [0.4, 0.5) is 8.78 Å². The van der Waals surface area contributed by atoms with Gasteiger partial charge in [-0.15, -0.1) is 0 Å². The van der Waals surface area contributed by atoms with Crippen molar-refractivity contribution in [3.05, 3.63) is 34.4 Å². The van der Waals surface area contributed by atoms with Crippen LogP contribution in [0, 0.1) is 4.77 Å². The first kappa shape index (κ1) is 17.5. The van der Waals surface area contributed by atoms with Gasteiger partial charge in [0.1, 0.15) is 6.10 Å². The predicted octanol–water partition coefficient (Wildman–Crippen LogP) is 3.28. The quantitative estimate of drug-likeness (QED) is 0.624. The van der Waals surface area contributed by atoms with E-state index in [-0.39, 0.29) is 17.6 Å². The van der Waals surface area contributed by atoms with Gasteiger partial charge in [-0.05, 0) is 48.8 Å². The number of hydrogen-bond acceptors (Lipinski definition) is 6. The number of nitrogens with one attached hydrogen (secondary N) is 1. The first-order valence-corrected chi connectivity index (χ1v) is 7.95. The Morgan fingerprint density at radius 1 is 1.48 bits per heavy atom. The third kappa shape index (κ3) is 4.02. The minimum atomic E-state index is -2.92. The molecule has 1 aliphatic rings. The summed E-state index contributed by atoms with van der Waals surface area (Å²) in [4.78, 5) is 0. The average molecular weight is 370 g/mol. The van der Waals surface area contributed by atoms with Gasteiger partial charge >= 0.3 is 6.61 Å². The van der Waals surface area contributed by atoms with Crippen LogP contribution in [0.1, 0.15) is 30.3 Å². The summed E-state index contributed by atoms with van der Waals surface area (Å²) in [7, 11) is 1.37. The molecule has 134 valence electrons. The summed E-state index contributed by atoms with van der Waals surface area (Å²) in [5, 5.41) is 11.2. The first-order valence-electron chi connectivity index (χ1n) is 7.54. The molecule has 2 aromatic rings. The fourth-order valence-corrected chi connectivity index (χ4v) is 2.67. The van der Waals surface area contributed by atoms with Crippen molar-refractivity contribution < 1.29 is 23.0 Å². The molecule has 10 heteroatoms. The molecule has 2 heterocycles. The molecule has 0 spiro atoms. The highest BCUT2D eigenvalue weighted by molar-refractivity contribution is 7.71. The maximum atomic E-state index is 12.4. The molecule has 0 radical (unpaired) electrons. The molecule has 0 unspecified atom stereocenters. The van der Waals surface area contributed by atoms with Crippen LogP contribution in [0.15, 0.2) is 23.3 Å². The second-order valence-electron chi connectivity index (χ2n) is 5.23. The number of ether oxygens (including phenoxy) is 3. The zero-order valence-electron chi connectivity index (χ0n) is 13.3. The van der Waals surface area contributed by atoms with E-state index in [1.807, 2.05) is 0 Å². The number of aromatic amines is 1. The van der Waals surface area contributed by atoms with Gasteiger partial charge in [0.05, 0.1) is 13.3 Å². The van der Waals surface area contributed by atoms with Crippen molar-refractivity contribution in [2.45, 2.75) is 25.6 Å². The Bertz CT molecular complexity index is 815. The topological polar surface area (TPSA) is 73.7 Å². The van der Waals surface area contributed by atoms with Gasteiger partial charge in [0.15, 0.2) is 17.3 Å². The summed E-state index contributed by atoms with van der Waals surface area (Å²) in [6.07, 6.45) is 3.18. The lowest BCUT2D eigenvalue weighted by molar-refractivity contribution is -0.0512. The lowest BCUT2D eigenvalue weighted by Crippen LogP contribution is -2.06. The molecule has 0 bridgehead atoms. The first-order chi connectivity index (χ1) is 12.1. The summed E-state index contributed by atoms with van der Waals surface area (Å²) >= 11 is 5.19. The van der Waals surface area contributed by atoms with Crippen LogP contribution < -0.4 is 9.47 Å². The number of aromatic nitrogens is 3. The Morgan fingerprint density at radius 2 is 2.32 bits per heavy atom. The third-order valence-corrected chi connectivity index (χ3v) is 3.88. The van der Waals surface area contributed by atoms with Gasteiger partial charge in [-0.2, -0.15) is 23.7 Å². The van der Waals surface area contributed by atoms with Crippen molar-refractivity contribution in [3.8, 4) is 11.5 Å². The molecule has 1 aliphatic heterocycles.